The molecule has 0 radical (unpaired) electrons. The predicted octanol–water partition coefficient (Wildman–Crippen LogP) is 4.77. The number of carbonyl (C=O) groups excluding carboxylic acids is 2. The van der Waals surface area contributed by atoms with Gasteiger partial charge in [-0.1, -0.05) is 35.0 Å². The van der Waals surface area contributed by atoms with Crippen LogP contribution in [0.5, 0.6) is 0 Å². The van der Waals surface area contributed by atoms with E-state index in [2.05, 4.69) is 10.5 Å². The lowest BCUT2D eigenvalue weighted by Crippen LogP contribution is -2.35. The molecule has 2 amide bonds. The summed E-state index contributed by atoms with van der Waals surface area (Å²) in [6.07, 6.45) is 0. The van der Waals surface area contributed by atoms with Crippen molar-refractivity contribution in [2.45, 2.75) is 20.8 Å². The summed E-state index contributed by atoms with van der Waals surface area (Å²) < 4.78 is 19.5. The second-order valence-electron chi connectivity index (χ2n) is 7.02. The molecule has 0 fully saturated rings. The van der Waals surface area contributed by atoms with E-state index in [9.17, 15) is 14.0 Å². The summed E-state index contributed by atoms with van der Waals surface area (Å²) in [6.45, 7) is 5.19. The van der Waals surface area contributed by atoms with Crippen LogP contribution in [0, 0.1) is 26.6 Å². The molecular weight excluding hydrogens is 409 g/mol. The van der Waals surface area contributed by atoms with Crippen molar-refractivity contribution in [1.29, 1.82) is 0 Å². The SMILES string of the molecule is Cc1cccc(NC(=O)CN(C)C(=O)c2c(-c3c(F)cccc3Cl)noc2C)c1C. The van der Waals surface area contributed by atoms with Crippen LogP contribution >= 0.6 is 11.6 Å². The van der Waals surface area contributed by atoms with E-state index in [4.69, 9.17) is 16.1 Å². The molecule has 0 aliphatic carbocycles. The quantitative estimate of drug-likeness (QED) is 0.633. The topological polar surface area (TPSA) is 75.4 Å². The fourth-order valence-corrected chi connectivity index (χ4v) is 3.33. The van der Waals surface area contributed by atoms with E-state index in [1.54, 1.807) is 13.0 Å². The molecule has 0 saturated heterocycles. The van der Waals surface area contributed by atoms with Crippen molar-refractivity contribution < 1.29 is 18.5 Å². The largest absolute Gasteiger partial charge is 0.360 e. The molecule has 8 heteroatoms. The maximum absolute atomic E-state index is 14.4. The molecule has 1 N–H and O–H groups in total. The zero-order valence-corrected chi connectivity index (χ0v) is 17.8. The van der Waals surface area contributed by atoms with E-state index in [0.717, 1.165) is 11.1 Å². The van der Waals surface area contributed by atoms with Crippen molar-refractivity contribution in [2.75, 3.05) is 18.9 Å². The van der Waals surface area contributed by atoms with Gasteiger partial charge in [0, 0.05) is 12.7 Å². The van der Waals surface area contributed by atoms with Gasteiger partial charge in [-0.25, -0.2) is 4.39 Å². The highest BCUT2D eigenvalue weighted by Crippen LogP contribution is 2.33. The molecule has 0 unspecified atom stereocenters. The zero-order valence-electron chi connectivity index (χ0n) is 17.0. The molecule has 6 nitrogen and oxygen atoms in total. The average Bonchev–Trinajstić information content (AvgIpc) is 3.05. The van der Waals surface area contributed by atoms with Crippen LogP contribution in [-0.4, -0.2) is 35.5 Å². The highest BCUT2D eigenvalue weighted by Gasteiger charge is 2.28. The van der Waals surface area contributed by atoms with Crippen LogP contribution < -0.4 is 5.32 Å². The summed E-state index contributed by atoms with van der Waals surface area (Å²) in [6, 6.07) is 9.77. The Morgan fingerprint density at radius 1 is 1.17 bits per heavy atom. The Morgan fingerprint density at radius 3 is 2.57 bits per heavy atom. The number of carbonyl (C=O) groups is 2. The summed E-state index contributed by atoms with van der Waals surface area (Å²) in [5, 5.41) is 6.74. The van der Waals surface area contributed by atoms with Gasteiger partial charge in [0.2, 0.25) is 5.91 Å². The molecule has 0 atom stereocenters. The van der Waals surface area contributed by atoms with Gasteiger partial charge in [0.25, 0.3) is 5.91 Å². The highest BCUT2D eigenvalue weighted by atomic mass is 35.5. The molecular formula is C22H21ClFN3O3. The number of aromatic nitrogens is 1. The third-order valence-electron chi connectivity index (χ3n) is 4.88. The van der Waals surface area contributed by atoms with Gasteiger partial charge in [-0.3, -0.25) is 9.59 Å². The Labute approximate surface area is 178 Å². The van der Waals surface area contributed by atoms with E-state index in [-0.39, 0.29) is 40.1 Å². The summed E-state index contributed by atoms with van der Waals surface area (Å²) in [7, 11) is 1.48. The first-order chi connectivity index (χ1) is 14.2. The number of nitrogens with one attached hydrogen (secondary N) is 1. The number of halogens is 2. The van der Waals surface area contributed by atoms with Gasteiger partial charge >= 0.3 is 0 Å². The Hall–Kier alpha value is -3.19. The second-order valence-corrected chi connectivity index (χ2v) is 7.42. The van der Waals surface area contributed by atoms with E-state index in [0.29, 0.717) is 5.69 Å². The molecule has 3 rings (SSSR count). The van der Waals surface area contributed by atoms with Crippen molar-refractivity contribution in [3.05, 3.63) is 69.7 Å². The Morgan fingerprint density at radius 2 is 1.87 bits per heavy atom. The Kier molecular flexibility index (Phi) is 6.22. The third kappa shape index (κ3) is 4.21. The number of benzene rings is 2. The van der Waals surface area contributed by atoms with E-state index < -0.39 is 11.7 Å². The van der Waals surface area contributed by atoms with Crippen LogP contribution in [0.15, 0.2) is 40.9 Å². The maximum Gasteiger partial charge on any atom is 0.259 e. The summed E-state index contributed by atoms with van der Waals surface area (Å²) in [5.74, 6) is -1.31. The van der Waals surface area contributed by atoms with E-state index in [1.165, 1.54) is 30.1 Å². The third-order valence-corrected chi connectivity index (χ3v) is 5.20. The van der Waals surface area contributed by atoms with Crippen LogP contribution in [-0.2, 0) is 4.79 Å². The number of rotatable bonds is 5. The van der Waals surface area contributed by atoms with Crippen LogP contribution in [0.4, 0.5) is 10.1 Å². The standard InChI is InChI=1S/C22H21ClFN3O3/c1-12-7-5-10-17(13(12)2)25-18(28)11-27(4)22(29)19-14(3)30-26-21(19)20-15(23)8-6-9-16(20)24/h5-10H,11H2,1-4H3,(H,25,28). The molecule has 0 aliphatic heterocycles. The van der Waals surface area contributed by atoms with Gasteiger partial charge in [-0.05, 0) is 50.1 Å². The first-order valence-electron chi connectivity index (χ1n) is 9.23. The highest BCUT2D eigenvalue weighted by molar-refractivity contribution is 6.33. The van der Waals surface area contributed by atoms with Crippen molar-refractivity contribution in [1.82, 2.24) is 10.1 Å². The van der Waals surface area contributed by atoms with Crippen molar-refractivity contribution in [3.63, 3.8) is 0 Å². The van der Waals surface area contributed by atoms with E-state index >= 15 is 0 Å². The first kappa shape index (κ1) is 21.5. The molecule has 2 aromatic carbocycles. The minimum absolute atomic E-state index is 0.00221. The molecule has 1 heterocycles. The van der Waals surface area contributed by atoms with Gasteiger partial charge in [-0.15, -0.1) is 0 Å². The van der Waals surface area contributed by atoms with Gasteiger partial charge in [0.15, 0.2) is 0 Å². The number of hydrogen-bond donors (Lipinski definition) is 1. The fraction of sp³-hybridized carbons (Fsp3) is 0.227. The second kappa shape index (κ2) is 8.67. The molecule has 0 aliphatic rings. The predicted molar refractivity (Wildman–Crippen MR) is 113 cm³/mol. The van der Waals surface area contributed by atoms with Crippen molar-refractivity contribution >= 4 is 29.1 Å². The molecule has 0 saturated carbocycles. The number of amides is 2. The number of aryl methyl sites for hydroxylation is 2. The monoisotopic (exact) mass is 429 g/mol. The van der Waals surface area contributed by atoms with Gasteiger partial charge in [0.1, 0.15) is 22.8 Å². The Balaban J connectivity index is 1.83. The normalized spacial score (nSPS) is 10.7. The number of nitrogens with zero attached hydrogens (tertiary/aromatic N) is 2. The molecule has 3 aromatic rings. The molecule has 156 valence electrons. The molecule has 0 spiro atoms. The lowest BCUT2D eigenvalue weighted by Gasteiger charge is -2.18. The van der Waals surface area contributed by atoms with Gasteiger partial charge in [-0.2, -0.15) is 0 Å². The van der Waals surface area contributed by atoms with Crippen LogP contribution in [0.2, 0.25) is 5.02 Å². The number of hydrogen-bond acceptors (Lipinski definition) is 4. The maximum atomic E-state index is 14.4. The summed E-state index contributed by atoms with van der Waals surface area (Å²) in [5.41, 5.74) is 2.72. The van der Waals surface area contributed by atoms with Crippen LogP contribution in [0.3, 0.4) is 0 Å². The minimum atomic E-state index is -0.625. The van der Waals surface area contributed by atoms with Crippen LogP contribution in [0.25, 0.3) is 11.3 Å². The fourth-order valence-electron chi connectivity index (χ4n) is 3.07. The lowest BCUT2D eigenvalue weighted by atomic mass is 10.0. The average molecular weight is 430 g/mol. The Bertz CT molecular complexity index is 1110. The van der Waals surface area contributed by atoms with Crippen LogP contribution in [0.1, 0.15) is 27.2 Å². The van der Waals surface area contributed by atoms with E-state index in [1.807, 2.05) is 26.0 Å². The summed E-state index contributed by atoms with van der Waals surface area (Å²) >= 11 is 6.12. The lowest BCUT2D eigenvalue weighted by molar-refractivity contribution is -0.116. The van der Waals surface area contributed by atoms with Crippen molar-refractivity contribution in [2.24, 2.45) is 0 Å². The van der Waals surface area contributed by atoms with Gasteiger partial charge < -0.3 is 14.7 Å². The molecule has 30 heavy (non-hydrogen) atoms. The smallest absolute Gasteiger partial charge is 0.259 e. The molecule has 1 aromatic heterocycles. The zero-order chi connectivity index (χ0) is 22.0. The van der Waals surface area contributed by atoms with Crippen molar-refractivity contribution in [3.8, 4) is 11.3 Å². The minimum Gasteiger partial charge on any atom is -0.360 e. The number of likely N-dealkylation sites (N-methyl/N-ethyl adjacent to an activating group) is 1. The summed E-state index contributed by atoms with van der Waals surface area (Å²) in [4.78, 5) is 26.7. The van der Waals surface area contributed by atoms with Gasteiger partial charge in [0.05, 0.1) is 17.1 Å². The first-order valence-corrected chi connectivity index (χ1v) is 9.60. The molecule has 0 bridgehead atoms. The number of anilines is 1.